The number of nitrogens with zero attached hydrogens (tertiary/aromatic N) is 4. The molecule has 0 radical (unpaired) electrons. The van der Waals surface area contributed by atoms with Gasteiger partial charge in [0.25, 0.3) is 11.4 Å². The summed E-state index contributed by atoms with van der Waals surface area (Å²) in [6.07, 6.45) is 0. The molecule has 0 spiro atoms. The molecule has 33 heavy (non-hydrogen) atoms. The minimum absolute atomic E-state index is 0.0280. The van der Waals surface area contributed by atoms with E-state index < -0.39 is 9.85 Å². The molecule has 10 heteroatoms. The molecule has 0 aromatic heterocycles. The number of hydrogen-bond donors (Lipinski definition) is 0. The van der Waals surface area contributed by atoms with Crippen molar-refractivity contribution in [3.63, 3.8) is 0 Å². The molecule has 166 valence electrons. The molecule has 0 amide bonds. The normalized spacial score (nSPS) is 9.64. The second-order valence-electron chi connectivity index (χ2n) is 6.77. The van der Waals surface area contributed by atoms with E-state index >= 15 is 0 Å². The van der Waals surface area contributed by atoms with Crippen LogP contribution in [0, 0.1) is 56.7 Å². The summed E-state index contributed by atoms with van der Waals surface area (Å²) in [7, 11) is 1.58. The highest BCUT2D eigenvalue weighted by Gasteiger charge is 2.16. The molecule has 0 aliphatic heterocycles. The third-order valence-electron chi connectivity index (χ3n) is 4.66. The van der Waals surface area contributed by atoms with E-state index in [0.717, 1.165) is 5.56 Å². The number of hydrogen-bond acceptors (Lipinski definition) is 7. The van der Waals surface area contributed by atoms with Gasteiger partial charge in [0, 0.05) is 33.3 Å². The fraction of sp³-hybridized carbons (Fsp3) is 0.130. The summed E-state index contributed by atoms with van der Waals surface area (Å²) in [4.78, 5) is 20.4. The molecule has 9 nitrogen and oxygen atoms in total. The summed E-state index contributed by atoms with van der Waals surface area (Å²) in [5.74, 6) is 0.714. The van der Waals surface area contributed by atoms with E-state index in [2.05, 4.69) is 15.9 Å². The van der Waals surface area contributed by atoms with Crippen LogP contribution in [0.4, 0.5) is 11.4 Å². The van der Waals surface area contributed by atoms with Gasteiger partial charge in [-0.3, -0.25) is 20.2 Å². The van der Waals surface area contributed by atoms with Gasteiger partial charge in [-0.2, -0.15) is 10.5 Å². The predicted molar refractivity (Wildman–Crippen MR) is 125 cm³/mol. The summed E-state index contributed by atoms with van der Waals surface area (Å²) in [6, 6.07) is 16.9. The number of ether oxygens (including phenoxy) is 1. The first-order valence-electron chi connectivity index (χ1n) is 9.31. The minimum Gasteiger partial charge on any atom is -0.497 e. The molecule has 3 aromatic rings. The molecule has 0 bridgehead atoms. The van der Waals surface area contributed by atoms with Crippen LogP contribution in [-0.4, -0.2) is 17.0 Å². The number of nitro groups is 2. The molecule has 0 saturated heterocycles. The van der Waals surface area contributed by atoms with E-state index in [9.17, 15) is 25.5 Å². The number of nitro benzene ring substituents is 2. The molecule has 0 heterocycles. The first-order chi connectivity index (χ1) is 15.6. The standard InChI is InChI=1S/C15H12N2O3.C8H5BrN2O2/c1-10-7-14(11-3-5-13(20-2)6-4-11)12(9-16)8-15(10)17(18)19;1-5-2-7(9)6(4-10)3-8(5)11(12)13/h3-8H,1-2H3;2-3H,1H3. The Bertz CT molecular complexity index is 1310. The molecule has 3 rings (SSSR count). The first kappa shape index (κ1) is 25.0. The molecule has 0 unspecified atom stereocenters. The lowest BCUT2D eigenvalue weighted by Crippen LogP contribution is -1.95. The zero-order chi connectivity index (χ0) is 24.7. The average Bonchev–Trinajstić information content (AvgIpc) is 2.79. The number of halogens is 1. The van der Waals surface area contributed by atoms with Crippen molar-refractivity contribution in [3.8, 4) is 29.0 Å². The lowest BCUT2D eigenvalue weighted by atomic mass is 9.97. The Morgan fingerprint density at radius 3 is 1.79 bits per heavy atom. The van der Waals surface area contributed by atoms with Gasteiger partial charge >= 0.3 is 0 Å². The average molecular weight is 509 g/mol. The zero-order valence-corrected chi connectivity index (χ0v) is 19.4. The predicted octanol–water partition coefficient (Wildman–Crippen LogP) is 5.99. The third kappa shape index (κ3) is 5.91. The number of aryl methyl sites for hydroxylation is 2. The van der Waals surface area contributed by atoms with Crippen molar-refractivity contribution in [1.29, 1.82) is 10.5 Å². The van der Waals surface area contributed by atoms with Crippen LogP contribution in [0.25, 0.3) is 11.1 Å². The number of rotatable bonds is 4. The molecule has 0 fully saturated rings. The van der Waals surface area contributed by atoms with Crippen LogP contribution < -0.4 is 4.74 Å². The highest BCUT2D eigenvalue weighted by molar-refractivity contribution is 9.10. The molecular formula is C23H17BrN4O5. The van der Waals surface area contributed by atoms with Gasteiger partial charge in [-0.05, 0) is 59.6 Å². The maximum absolute atomic E-state index is 10.9. The van der Waals surface area contributed by atoms with E-state index in [-0.39, 0.29) is 22.5 Å². The Labute approximate surface area is 197 Å². The molecule has 0 atom stereocenters. The van der Waals surface area contributed by atoms with E-state index in [1.165, 1.54) is 12.1 Å². The second-order valence-corrected chi connectivity index (χ2v) is 7.62. The Balaban J connectivity index is 0.000000257. The van der Waals surface area contributed by atoms with Crippen LogP contribution in [0.15, 0.2) is 53.0 Å². The van der Waals surface area contributed by atoms with Crippen molar-refractivity contribution in [3.05, 3.63) is 95.5 Å². The summed E-state index contributed by atoms with van der Waals surface area (Å²) in [6.45, 7) is 3.29. The molecule has 3 aromatic carbocycles. The van der Waals surface area contributed by atoms with E-state index in [1.54, 1.807) is 45.2 Å². The number of nitriles is 2. The van der Waals surface area contributed by atoms with Crippen molar-refractivity contribution < 1.29 is 14.6 Å². The van der Waals surface area contributed by atoms with E-state index in [1.807, 2.05) is 24.3 Å². The highest BCUT2D eigenvalue weighted by atomic mass is 79.9. The van der Waals surface area contributed by atoms with Gasteiger partial charge in [0.2, 0.25) is 0 Å². The van der Waals surface area contributed by atoms with Crippen LogP contribution in [0.2, 0.25) is 0 Å². The van der Waals surface area contributed by atoms with E-state index in [0.29, 0.717) is 26.9 Å². The van der Waals surface area contributed by atoms with Crippen LogP contribution in [0.1, 0.15) is 22.3 Å². The maximum Gasteiger partial charge on any atom is 0.273 e. The summed E-state index contributed by atoms with van der Waals surface area (Å²) >= 11 is 3.15. The lowest BCUT2D eigenvalue weighted by molar-refractivity contribution is -0.385. The van der Waals surface area contributed by atoms with Gasteiger partial charge in [-0.25, -0.2) is 0 Å². The maximum atomic E-state index is 10.9. The quantitative estimate of drug-likeness (QED) is 0.310. The SMILES string of the molecule is COc1ccc(-c2cc(C)c([N+](=O)[O-])cc2C#N)cc1.Cc1cc(Br)c(C#N)cc1[N+](=O)[O-]. The molecule has 0 aliphatic rings. The molecule has 0 aliphatic carbocycles. The van der Waals surface area contributed by atoms with Crippen molar-refractivity contribution in [1.82, 2.24) is 0 Å². The van der Waals surface area contributed by atoms with Crippen molar-refractivity contribution in [2.24, 2.45) is 0 Å². The lowest BCUT2D eigenvalue weighted by Gasteiger charge is -2.07. The fourth-order valence-corrected chi connectivity index (χ4v) is 3.49. The smallest absolute Gasteiger partial charge is 0.273 e. The second kappa shape index (κ2) is 10.8. The Hall–Kier alpha value is -4.28. The van der Waals surface area contributed by atoms with Gasteiger partial charge in [0.15, 0.2) is 0 Å². The monoisotopic (exact) mass is 508 g/mol. The highest BCUT2D eigenvalue weighted by Crippen LogP contribution is 2.31. The fourth-order valence-electron chi connectivity index (χ4n) is 2.94. The van der Waals surface area contributed by atoms with Crippen LogP contribution in [0.5, 0.6) is 5.75 Å². The largest absolute Gasteiger partial charge is 0.497 e. The van der Waals surface area contributed by atoms with Crippen molar-refractivity contribution >= 4 is 27.3 Å². The Kier molecular flexibility index (Phi) is 8.21. The summed E-state index contributed by atoms with van der Waals surface area (Å²) in [5.41, 5.74) is 3.05. The van der Waals surface area contributed by atoms with Crippen molar-refractivity contribution in [2.75, 3.05) is 7.11 Å². The van der Waals surface area contributed by atoms with Crippen LogP contribution >= 0.6 is 15.9 Å². The first-order valence-corrected chi connectivity index (χ1v) is 10.1. The van der Waals surface area contributed by atoms with Crippen LogP contribution in [-0.2, 0) is 0 Å². The third-order valence-corrected chi connectivity index (χ3v) is 5.31. The van der Waals surface area contributed by atoms with Crippen molar-refractivity contribution in [2.45, 2.75) is 13.8 Å². The number of benzene rings is 3. The Morgan fingerprint density at radius 2 is 1.33 bits per heavy atom. The summed E-state index contributed by atoms with van der Waals surface area (Å²) < 4.78 is 5.66. The van der Waals surface area contributed by atoms with Gasteiger partial charge < -0.3 is 4.74 Å². The number of methoxy groups -OCH3 is 1. The van der Waals surface area contributed by atoms with E-state index in [4.69, 9.17) is 10.00 Å². The van der Waals surface area contributed by atoms with Gasteiger partial charge in [-0.1, -0.05) is 12.1 Å². The Morgan fingerprint density at radius 1 is 0.848 bits per heavy atom. The molecule has 0 N–H and O–H groups in total. The minimum atomic E-state index is -0.497. The topological polar surface area (TPSA) is 143 Å². The summed E-state index contributed by atoms with van der Waals surface area (Å²) in [5, 5.41) is 39.2. The van der Waals surface area contributed by atoms with Gasteiger partial charge in [-0.15, -0.1) is 0 Å². The zero-order valence-electron chi connectivity index (χ0n) is 17.8. The van der Waals surface area contributed by atoms with Gasteiger partial charge in [0.1, 0.15) is 17.9 Å². The molecular weight excluding hydrogens is 492 g/mol. The molecule has 0 saturated carbocycles. The van der Waals surface area contributed by atoms with Crippen LogP contribution in [0.3, 0.4) is 0 Å². The van der Waals surface area contributed by atoms with Gasteiger partial charge in [0.05, 0.1) is 28.1 Å².